The first kappa shape index (κ1) is 15.7. The molecule has 0 aliphatic heterocycles. The van der Waals surface area contributed by atoms with E-state index in [-0.39, 0.29) is 17.1 Å². The molecule has 0 saturated heterocycles. The molecule has 0 fully saturated rings. The number of aromatic amines is 1. The van der Waals surface area contributed by atoms with E-state index >= 15 is 0 Å². The minimum absolute atomic E-state index is 0.136. The third kappa shape index (κ3) is 2.63. The van der Waals surface area contributed by atoms with Crippen LogP contribution in [0.2, 0.25) is 0 Å². The van der Waals surface area contributed by atoms with Gasteiger partial charge in [-0.1, -0.05) is 42.5 Å². The Morgan fingerprint density at radius 2 is 1.81 bits per heavy atom. The van der Waals surface area contributed by atoms with Gasteiger partial charge in [0.15, 0.2) is 5.56 Å². The average molecular weight is 343 g/mol. The van der Waals surface area contributed by atoms with E-state index in [0.29, 0.717) is 11.1 Å². The molecule has 6 heteroatoms. The van der Waals surface area contributed by atoms with Crippen molar-refractivity contribution >= 4 is 16.7 Å². The third-order valence-electron chi connectivity index (χ3n) is 4.11. The number of carboxylic acid groups (broad SMARTS) is 1. The number of hydrogen-bond donors (Lipinski definition) is 2. The fourth-order valence-corrected chi connectivity index (χ4v) is 2.94. The minimum atomic E-state index is -1.32. The number of rotatable bonds is 3. The first-order valence-corrected chi connectivity index (χ1v) is 7.91. The zero-order chi connectivity index (χ0) is 18.1. The number of pyridine rings is 1. The Kier molecular flexibility index (Phi) is 3.78. The van der Waals surface area contributed by atoms with Gasteiger partial charge in [-0.2, -0.15) is 0 Å². The van der Waals surface area contributed by atoms with E-state index in [0.717, 1.165) is 10.8 Å². The van der Waals surface area contributed by atoms with E-state index in [4.69, 9.17) is 0 Å². The molecule has 0 spiro atoms. The number of aromatic carboxylic acids is 1. The maximum atomic E-state index is 12.5. The predicted octanol–water partition coefficient (Wildman–Crippen LogP) is 3.35. The van der Waals surface area contributed by atoms with E-state index in [2.05, 4.69) is 15.0 Å². The quantitative estimate of drug-likeness (QED) is 0.595. The third-order valence-corrected chi connectivity index (χ3v) is 4.11. The van der Waals surface area contributed by atoms with E-state index in [9.17, 15) is 14.7 Å². The number of carbonyl (C=O) groups is 1. The van der Waals surface area contributed by atoms with Gasteiger partial charge in [0.1, 0.15) is 5.82 Å². The molecule has 6 nitrogen and oxygen atoms in total. The molecule has 2 heterocycles. The van der Waals surface area contributed by atoms with Crippen molar-refractivity contribution in [2.45, 2.75) is 0 Å². The number of H-pyrrole nitrogens is 1. The smallest absolute Gasteiger partial charge is 0.343 e. The van der Waals surface area contributed by atoms with Crippen LogP contribution in [0.1, 0.15) is 10.4 Å². The summed E-state index contributed by atoms with van der Waals surface area (Å²) >= 11 is 0. The molecule has 0 bridgehead atoms. The number of fused-ring (bicyclic) bond motifs is 1. The lowest BCUT2D eigenvalue weighted by atomic mass is 9.99. The summed E-state index contributed by atoms with van der Waals surface area (Å²) in [5.41, 5.74) is 0.250. The van der Waals surface area contributed by atoms with Crippen LogP contribution in [0.4, 0.5) is 0 Å². The molecule has 126 valence electrons. The van der Waals surface area contributed by atoms with Gasteiger partial charge in [0.25, 0.3) is 5.56 Å². The number of nitrogens with one attached hydrogen (secondary N) is 1. The maximum Gasteiger partial charge on any atom is 0.343 e. The van der Waals surface area contributed by atoms with Crippen molar-refractivity contribution in [3.63, 3.8) is 0 Å². The summed E-state index contributed by atoms with van der Waals surface area (Å²) in [6.45, 7) is 0. The lowest BCUT2D eigenvalue weighted by molar-refractivity contribution is 0.0695. The molecule has 0 aliphatic carbocycles. The normalized spacial score (nSPS) is 10.8. The van der Waals surface area contributed by atoms with Crippen molar-refractivity contribution < 1.29 is 9.90 Å². The van der Waals surface area contributed by atoms with Gasteiger partial charge in [0.2, 0.25) is 0 Å². The van der Waals surface area contributed by atoms with Crippen molar-refractivity contribution in [2.24, 2.45) is 0 Å². The van der Waals surface area contributed by atoms with Crippen LogP contribution >= 0.6 is 0 Å². The average Bonchev–Trinajstić information content (AvgIpc) is 2.67. The molecule has 4 aromatic rings. The molecule has 0 atom stereocenters. The first-order chi connectivity index (χ1) is 12.6. The van der Waals surface area contributed by atoms with Crippen LogP contribution in [0.15, 0.2) is 71.8 Å². The van der Waals surface area contributed by atoms with Crippen molar-refractivity contribution in [1.29, 1.82) is 0 Å². The van der Waals surface area contributed by atoms with Crippen LogP contribution in [0.5, 0.6) is 0 Å². The van der Waals surface area contributed by atoms with Gasteiger partial charge in [-0.3, -0.25) is 9.78 Å². The monoisotopic (exact) mass is 343 g/mol. The molecule has 4 rings (SSSR count). The van der Waals surface area contributed by atoms with Crippen LogP contribution in [-0.4, -0.2) is 26.0 Å². The topological polar surface area (TPSA) is 95.9 Å². The number of hydrogen-bond acceptors (Lipinski definition) is 4. The summed E-state index contributed by atoms with van der Waals surface area (Å²) in [4.78, 5) is 35.3. The number of carboxylic acids is 1. The Morgan fingerprint density at radius 1 is 1.00 bits per heavy atom. The second-order valence-corrected chi connectivity index (χ2v) is 5.71. The Balaban J connectivity index is 2.07. The van der Waals surface area contributed by atoms with Crippen molar-refractivity contribution in [3.05, 3.63) is 82.9 Å². The second-order valence-electron chi connectivity index (χ2n) is 5.71. The van der Waals surface area contributed by atoms with Gasteiger partial charge in [0.05, 0.1) is 5.69 Å². The second kappa shape index (κ2) is 6.25. The fourth-order valence-electron chi connectivity index (χ4n) is 2.94. The molecule has 0 unspecified atom stereocenters. The van der Waals surface area contributed by atoms with Crippen molar-refractivity contribution in [1.82, 2.24) is 15.0 Å². The SMILES string of the molecule is O=C(O)c1c(-c2cccc3ccccc23)nc(-c2cccnc2)[nH]c1=O. The molecule has 2 aromatic carbocycles. The van der Waals surface area contributed by atoms with Gasteiger partial charge in [-0.25, -0.2) is 9.78 Å². The summed E-state index contributed by atoms with van der Waals surface area (Å²) in [6.07, 6.45) is 3.17. The standard InChI is InChI=1S/C20H13N3O3/c24-19-16(20(25)26)17(22-18(23-19)13-7-4-10-21-11-13)15-9-3-6-12-5-1-2-8-14(12)15/h1-11H,(H,25,26)(H,22,23,24). The lowest BCUT2D eigenvalue weighted by Crippen LogP contribution is -2.21. The number of nitrogens with zero attached hydrogens (tertiary/aromatic N) is 2. The van der Waals surface area contributed by atoms with Crippen LogP contribution in [0.25, 0.3) is 33.4 Å². The molecule has 2 aromatic heterocycles. The Hall–Kier alpha value is -3.80. The van der Waals surface area contributed by atoms with Gasteiger partial charge in [0, 0.05) is 23.5 Å². The van der Waals surface area contributed by atoms with Gasteiger partial charge in [-0.05, 0) is 22.9 Å². The molecule has 0 radical (unpaired) electrons. The highest BCUT2D eigenvalue weighted by atomic mass is 16.4. The Bertz CT molecular complexity index is 1180. The zero-order valence-electron chi connectivity index (χ0n) is 13.5. The summed E-state index contributed by atoms with van der Waals surface area (Å²) < 4.78 is 0. The summed E-state index contributed by atoms with van der Waals surface area (Å²) in [6, 6.07) is 16.5. The molecule has 0 saturated carbocycles. The van der Waals surface area contributed by atoms with E-state index in [1.807, 2.05) is 36.4 Å². The van der Waals surface area contributed by atoms with Crippen LogP contribution in [0.3, 0.4) is 0 Å². The first-order valence-electron chi connectivity index (χ1n) is 7.91. The molecule has 0 aliphatic rings. The number of aromatic nitrogens is 3. The van der Waals surface area contributed by atoms with Crippen LogP contribution < -0.4 is 5.56 Å². The molecular formula is C20H13N3O3. The Morgan fingerprint density at radius 3 is 2.58 bits per heavy atom. The minimum Gasteiger partial charge on any atom is -0.477 e. The number of benzene rings is 2. The largest absolute Gasteiger partial charge is 0.477 e. The summed E-state index contributed by atoms with van der Waals surface area (Å²) in [5.74, 6) is -1.05. The van der Waals surface area contributed by atoms with Crippen molar-refractivity contribution in [2.75, 3.05) is 0 Å². The van der Waals surface area contributed by atoms with Gasteiger partial charge < -0.3 is 10.1 Å². The molecule has 0 amide bonds. The predicted molar refractivity (Wildman–Crippen MR) is 98.0 cm³/mol. The Labute approximate surface area is 147 Å². The van der Waals surface area contributed by atoms with E-state index in [1.54, 1.807) is 30.6 Å². The molecule has 2 N–H and O–H groups in total. The highest BCUT2D eigenvalue weighted by Gasteiger charge is 2.21. The van der Waals surface area contributed by atoms with Gasteiger partial charge in [-0.15, -0.1) is 0 Å². The molecular weight excluding hydrogens is 330 g/mol. The maximum absolute atomic E-state index is 12.5. The molecule has 26 heavy (non-hydrogen) atoms. The van der Waals surface area contributed by atoms with E-state index < -0.39 is 11.5 Å². The highest BCUT2D eigenvalue weighted by Crippen LogP contribution is 2.29. The summed E-state index contributed by atoms with van der Waals surface area (Å²) in [5, 5.41) is 11.3. The highest BCUT2D eigenvalue weighted by molar-refractivity contribution is 6.02. The summed E-state index contributed by atoms with van der Waals surface area (Å²) in [7, 11) is 0. The van der Waals surface area contributed by atoms with Crippen LogP contribution in [0, 0.1) is 0 Å². The fraction of sp³-hybridized carbons (Fsp3) is 0. The lowest BCUT2D eigenvalue weighted by Gasteiger charge is -2.10. The van der Waals surface area contributed by atoms with E-state index in [1.165, 1.54) is 0 Å². The van der Waals surface area contributed by atoms with Gasteiger partial charge >= 0.3 is 5.97 Å². The van der Waals surface area contributed by atoms with Crippen LogP contribution in [-0.2, 0) is 0 Å². The van der Waals surface area contributed by atoms with Crippen molar-refractivity contribution in [3.8, 4) is 22.6 Å². The zero-order valence-corrected chi connectivity index (χ0v) is 13.5.